The van der Waals surface area contributed by atoms with Crippen LogP contribution in [0.3, 0.4) is 0 Å². The third kappa shape index (κ3) is 4.95. The van der Waals surface area contributed by atoms with Crippen molar-refractivity contribution >= 4 is 57.5 Å². The van der Waals surface area contributed by atoms with Crippen LogP contribution in [0, 0.1) is 6.92 Å². The van der Waals surface area contributed by atoms with Gasteiger partial charge in [0.25, 0.3) is 0 Å². The van der Waals surface area contributed by atoms with Gasteiger partial charge in [0, 0.05) is 28.9 Å². The summed E-state index contributed by atoms with van der Waals surface area (Å²) in [5.41, 5.74) is 8.80. The molecule has 0 spiro atoms. The molecule has 2 amide bonds. The van der Waals surface area contributed by atoms with Crippen LogP contribution in [0.4, 0.5) is 5.82 Å². The second-order valence-electron chi connectivity index (χ2n) is 7.58. The number of nitrogens with one attached hydrogen (secondary N) is 1. The number of carbonyl (C=O) groups excluding carboxylic acids is 2. The Morgan fingerprint density at radius 2 is 2.16 bits per heavy atom. The molecule has 3 N–H and O–H groups in total. The Kier molecular flexibility index (Phi) is 7.10. The number of nitrogens with two attached hydrogens (primary N) is 1. The number of halogens is 1. The molecule has 0 aliphatic carbocycles. The highest BCUT2D eigenvalue weighted by atomic mass is 35.5. The standard InChI is InChI=1S/C23H24N4O2S.ClH/c1-14-17-5-3-4-6-19(17)30-20(14)13-27(2)21(28)10-7-15-11-16-8-9-18(24)23(29)26-22(16)25-12-15;/h3-7,10-12,18H,8-9,13,24H2,1-2H3,(H,25,26,29);1H/b10-7+;/t18-;/m0./s1. The Bertz CT molecular complexity index is 1160. The van der Waals surface area contributed by atoms with Crippen molar-refractivity contribution in [3.8, 4) is 0 Å². The van der Waals surface area contributed by atoms with Crippen LogP contribution < -0.4 is 11.1 Å². The van der Waals surface area contributed by atoms with E-state index >= 15 is 0 Å². The summed E-state index contributed by atoms with van der Waals surface area (Å²) in [4.78, 5) is 31.7. The first-order valence-electron chi connectivity index (χ1n) is 9.88. The van der Waals surface area contributed by atoms with Crippen molar-refractivity contribution in [3.63, 3.8) is 0 Å². The molecule has 3 aromatic rings. The Morgan fingerprint density at radius 3 is 2.94 bits per heavy atom. The molecule has 1 aromatic carbocycles. The highest BCUT2D eigenvalue weighted by molar-refractivity contribution is 7.19. The van der Waals surface area contributed by atoms with Gasteiger partial charge in [-0.2, -0.15) is 0 Å². The predicted octanol–water partition coefficient (Wildman–Crippen LogP) is 3.91. The van der Waals surface area contributed by atoms with Crippen molar-refractivity contribution in [1.82, 2.24) is 9.88 Å². The van der Waals surface area contributed by atoms with Gasteiger partial charge in [-0.05, 0) is 60.1 Å². The summed E-state index contributed by atoms with van der Waals surface area (Å²) in [6.07, 6.45) is 6.21. The van der Waals surface area contributed by atoms with Gasteiger partial charge < -0.3 is 16.0 Å². The lowest BCUT2D eigenvalue weighted by atomic mass is 10.1. The van der Waals surface area contributed by atoms with Crippen LogP contribution >= 0.6 is 23.7 Å². The van der Waals surface area contributed by atoms with Crippen molar-refractivity contribution in [1.29, 1.82) is 0 Å². The number of amides is 2. The molecule has 2 aromatic heterocycles. The van der Waals surface area contributed by atoms with Crippen LogP contribution in [0.2, 0.25) is 0 Å². The molecule has 162 valence electrons. The smallest absolute Gasteiger partial charge is 0.246 e. The molecule has 1 aliphatic rings. The van der Waals surface area contributed by atoms with Gasteiger partial charge in [0.2, 0.25) is 11.8 Å². The third-order valence-corrected chi connectivity index (χ3v) is 6.67. The molecule has 4 rings (SSSR count). The topological polar surface area (TPSA) is 88.3 Å². The SMILES string of the molecule is Cc1c(CN(C)C(=O)/C=C/c2cnc3c(c2)CC[C@H](N)C(=O)N3)sc2ccccc12.Cl. The second-order valence-corrected chi connectivity index (χ2v) is 8.72. The minimum atomic E-state index is -0.522. The summed E-state index contributed by atoms with van der Waals surface area (Å²) in [7, 11) is 1.81. The highest BCUT2D eigenvalue weighted by Crippen LogP contribution is 2.31. The van der Waals surface area contributed by atoms with E-state index in [1.165, 1.54) is 20.5 Å². The van der Waals surface area contributed by atoms with Crippen LogP contribution in [0.15, 0.2) is 42.6 Å². The van der Waals surface area contributed by atoms with Crippen LogP contribution in [0.25, 0.3) is 16.2 Å². The summed E-state index contributed by atoms with van der Waals surface area (Å²) in [6.45, 7) is 2.68. The molecule has 3 heterocycles. The van der Waals surface area contributed by atoms with Gasteiger partial charge in [-0.15, -0.1) is 23.7 Å². The molecule has 31 heavy (non-hydrogen) atoms. The van der Waals surface area contributed by atoms with Gasteiger partial charge in [0.05, 0.1) is 12.6 Å². The first-order valence-corrected chi connectivity index (χ1v) is 10.7. The number of fused-ring (bicyclic) bond motifs is 2. The minimum absolute atomic E-state index is 0. The summed E-state index contributed by atoms with van der Waals surface area (Å²) < 4.78 is 1.24. The maximum Gasteiger partial charge on any atom is 0.246 e. The fourth-order valence-corrected chi connectivity index (χ4v) is 4.80. The van der Waals surface area contributed by atoms with E-state index in [1.54, 1.807) is 34.6 Å². The lowest BCUT2D eigenvalue weighted by Crippen LogP contribution is -2.34. The van der Waals surface area contributed by atoms with Crippen LogP contribution in [0.5, 0.6) is 0 Å². The zero-order valence-corrected chi connectivity index (χ0v) is 19.1. The zero-order valence-electron chi connectivity index (χ0n) is 17.4. The van der Waals surface area contributed by atoms with Crippen LogP contribution in [-0.2, 0) is 22.6 Å². The van der Waals surface area contributed by atoms with Crippen molar-refractivity contribution < 1.29 is 9.59 Å². The zero-order chi connectivity index (χ0) is 21.3. The maximum atomic E-state index is 12.6. The number of nitrogens with zero attached hydrogens (tertiary/aromatic N) is 2. The van der Waals surface area contributed by atoms with E-state index in [0.29, 0.717) is 25.2 Å². The Labute approximate surface area is 191 Å². The molecule has 0 saturated heterocycles. The fraction of sp³-hybridized carbons (Fsp3) is 0.261. The molecule has 0 fully saturated rings. The number of likely N-dealkylation sites (N-methyl/N-ethyl adjacent to an activating group) is 1. The van der Waals surface area contributed by atoms with Crippen molar-refractivity contribution in [2.75, 3.05) is 12.4 Å². The van der Waals surface area contributed by atoms with Gasteiger partial charge in [0.1, 0.15) is 5.82 Å². The number of aryl methyl sites for hydroxylation is 2. The second kappa shape index (κ2) is 9.60. The average molecular weight is 457 g/mol. The number of thiophene rings is 1. The Hall–Kier alpha value is -2.74. The molecule has 1 atom stereocenters. The third-order valence-electron chi connectivity index (χ3n) is 5.41. The quantitative estimate of drug-likeness (QED) is 0.582. The number of pyridine rings is 1. The van der Waals surface area contributed by atoms with Gasteiger partial charge in [-0.3, -0.25) is 9.59 Å². The van der Waals surface area contributed by atoms with E-state index in [2.05, 4.69) is 29.4 Å². The van der Waals surface area contributed by atoms with E-state index < -0.39 is 6.04 Å². The fourth-order valence-electron chi connectivity index (χ4n) is 3.54. The summed E-state index contributed by atoms with van der Waals surface area (Å²) in [5, 5.41) is 4.00. The van der Waals surface area contributed by atoms with E-state index in [4.69, 9.17) is 5.73 Å². The molecule has 8 heteroatoms. The van der Waals surface area contributed by atoms with E-state index in [-0.39, 0.29) is 24.2 Å². The monoisotopic (exact) mass is 456 g/mol. The van der Waals surface area contributed by atoms with E-state index in [9.17, 15) is 9.59 Å². The Morgan fingerprint density at radius 1 is 1.39 bits per heavy atom. The van der Waals surface area contributed by atoms with Gasteiger partial charge >= 0.3 is 0 Å². The Balaban J connectivity index is 0.00000272. The molecule has 0 unspecified atom stereocenters. The lowest BCUT2D eigenvalue weighted by molar-refractivity contribution is -0.125. The maximum absolute atomic E-state index is 12.6. The average Bonchev–Trinajstić information content (AvgIpc) is 2.98. The minimum Gasteiger partial charge on any atom is -0.337 e. The van der Waals surface area contributed by atoms with Crippen LogP contribution in [0.1, 0.15) is 28.0 Å². The molecule has 0 bridgehead atoms. The van der Waals surface area contributed by atoms with Crippen LogP contribution in [-0.4, -0.2) is 34.8 Å². The number of anilines is 1. The van der Waals surface area contributed by atoms with Crippen molar-refractivity contribution in [3.05, 3.63) is 64.2 Å². The molecule has 6 nitrogen and oxygen atoms in total. The van der Waals surface area contributed by atoms with Crippen molar-refractivity contribution in [2.24, 2.45) is 5.73 Å². The highest BCUT2D eigenvalue weighted by Gasteiger charge is 2.21. The number of benzene rings is 1. The lowest BCUT2D eigenvalue weighted by Gasteiger charge is -2.14. The summed E-state index contributed by atoms with van der Waals surface area (Å²) in [5.74, 6) is 0.267. The first kappa shape index (κ1) is 22.9. The number of aromatic nitrogens is 1. The number of rotatable bonds is 4. The predicted molar refractivity (Wildman–Crippen MR) is 128 cm³/mol. The van der Waals surface area contributed by atoms with E-state index in [1.807, 2.05) is 25.2 Å². The molecule has 0 saturated carbocycles. The molecule has 1 aliphatic heterocycles. The van der Waals surface area contributed by atoms with Crippen molar-refractivity contribution in [2.45, 2.75) is 32.4 Å². The van der Waals surface area contributed by atoms with Gasteiger partial charge in [0.15, 0.2) is 0 Å². The molecular weight excluding hydrogens is 432 g/mol. The summed E-state index contributed by atoms with van der Waals surface area (Å²) in [6, 6.07) is 9.72. The largest absolute Gasteiger partial charge is 0.337 e. The number of hydrogen-bond donors (Lipinski definition) is 2. The van der Waals surface area contributed by atoms with Gasteiger partial charge in [-0.25, -0.2) is 4.98 Å². The van der Waals surface area contributed by atoms with E-state index in [0.717, 1.165) is 11.1 Å². The summed E-state index contributed by atoms with van der Waals surface area (Å²) >= 11 is 1.73. The first-order chi connectivity index (χ1) is 14.4. The normalized spacial score (nSPS) is 15.8. The molecule has 0 radical (unpaired) electrons. The van der Waals surface area contributed by atoms with Gasteiger partial charge in [-0.1, -0.05) is 18.2 Å². The number of carbonyl (C=O) groups is 2. The number of hydrogen-bond acceptors (Lipinski definition) is 5. The molecular formula is C23H25ClN4O2S.